The smallest absolute Gasteiger partial charge is 0.416 e. The molecule has 93 heavy (non-hydrogen) atoms. The Morgan fingerprint density at radius 2 is 0.645 bits per heavy atom. The van der Waals surface area contributed by atoms with E-state index in [1.807, 2.05) is 90.9 Å². The van der Waals surface area contributed by atoms with Crippen LogP contribution in [0.3, 0.4) is 0 Å². The molecule has 0 aliphatic carbocycles. The minimum absolute atomic E-state index is 0.0267. The van der Waals surface area contributed by atoms with Crippen LogP contribution >= 0.6 is 0 Å². The van der Waals surface area contributed by atoms with Gasteiger partial charge in [-0.15, -0.1) is 0 Å². The zero-order chi connectivity index (χ0) is 68.4. The summed E-state index contributed by atoms with van der Waals surface area (Å²) < 4.78 is 191. The van der Waals surface area contributed by atoms with Gasteiger partial charge in [0.25, 0.3) is 0 Å². The third-order valence-corrected chi connectivity index (χ3v) is 17.2. The zero-order valence-corrected chi connectivity index (χ0v) is 54.1. The molecule has 18 heteroatoms. The maximum Gasteiger partial charge on any atom is 0.416 e. The number of halogens is 12. The van der Waals surface area contributed by atoms with Gasteiger partial charge in [0.05, 0.1) is 67.9 Å². The van der Waals surface area contributed by atoms with Crippen molar-refractivity contribution in [1.82, 2.24) is 9.13 Å². The molecule has 0 unspecified atom stereocenters. The standard InChI is InChI=1S/C75H74F12N2O4/c1-40-15-21-58-50(27-40)51-30-44(72(76,77)78)17-22-59(51)88(58)62-36-48(70(11,12)38-68(5,6)7)34-56(66(62)90)54-28-41(2)16-25-64(54)92-42(3)29-43(4)93-65-26-20-47(75(85,86)87)33-55(65)57-35-49(71(13,14)39-69(8,9)10)37-63(67(57)91)89-60-23-18-45(73(79,80)81)31-52(60)53-32-46(74(82,83)84)19-24-61(53)89/h15-28,30-37,42-43,90-91H,29,38-39H2,1-14H3/t42-,43+/m1/s1. The largest absolute Gasteiger partial charge is 0.505 e. The molecule has 2 aromatic heterocycles. The average Bonchev–Trinajstić information content (AvgIpc) is 1.63. The van der Waals surface area contributed by atoms with Gasteiger partial charge in [0.1, 0.15) is 23.0 Å². The minimum Gasteiger partial charge on any atom is -0.505 e. The Labute approximate surface area is 532 Å². The Morgan fingerprint density at radius 1 is 0.355 bits per heavy atom. The van der Waals surface area contributed by atoms with E-state index in [4.69, 9.17) is 9.47 Å². The van der Waals surface area contributed by atoms with Crippen LogP contribution in [0.4, 0.5) is 52.7 Å². The average molecular weight is 1300 g/mol. The highest BCUT2D eigenvalue weighted by molar-refractivity contribution is 6.11. The van der Waals surface area contributed by atoms with Gasteiger partial charge in [0.2, 0.25) is 0 Å². The SMILES string of the molecule is Cc1ccc(O[C@H](C)C[C@H](C)Oc2ccc(C(F)(F)F)cc2-c2cc(C(C)(C)CC(C)(C)C)cc(-n3c4ccc(C(F)(F)F)cc4c4cc(C(F)(F)F)ccc43)c2O)c(-c2cc(C(C)(C)CC(C)(C)C)cc(-n3c4ccc(C)cc4c4cc(C(F)(F)F)ccc43)c2O)c1. The van der Waals surface area contributed by atoms with E-state index in [1.165, 1.54) is 16.7 Å². The van der Waals surface area contributed by atoms with E-state index < -0.39 is 75.7 Å². The quantitative estimate of drug-likeness (QED) is 0.106. The third kappa shape index (κ3) is 13.7. The topological polar surface area (TPSA) is 68.8 Å². The van der Waals surface area contributed by atoms with Crippen molar-refractivity contribution in [3.05, 3.63) is 178 Å². The Hall–Kier alpha value is -8.28. The maximum absolute atomic E-state index is 15.0. The summed E-state index contributed by atoms with van der Waals surface area (Å²) in [4.78, 5) is 0. The lowest BCUT2D eigenvalue weighted by Gasteiger charge is -2.34. The molecule has 492 valence electrons. The van der Waals surface area contributed by atoms with Crippen LogP contribution in [0, 0.1) is 24.7 Å². The second-order valence-corrected chi connectivity index (χ2v) is 28.7. The van der Waals surface area contributed by atoms with E-state index >= 15 is 0 Å². The van der Waals surface area contributed by atoms with Gasteiger partial charge in [-0.3, -0.25) is 0 Å². The number of aryl methyl sites for hydroxylation is 2. The lowest BCUT2D eigenvalue weighted by atomic mass is 9.71. The number of hydrogen-bond donors (Lipinski definition) is 2. The summed E-state index contributed by atoms with van der Waals surface area (Å²) in [5.74, 6) is -0.609. The molecule has 10 rings (SSSR count). The number of aromatic nitrogens is 2. The molecule has 2 atom stereocenters. The number of alkyl halides is 12. The molecule has 0 aliphatic rings. The fourth-order valence-corrected chi connectivity index (χ4v) is 13.8. The fourth-order valence-electron chi connectivity index (χ4n) is 13.8. The highest BCUT2D eigenvalue weighted by atomic mass is 19.4. The number of phenols is 2. The predicted molar refractivity (Wildman–Crippen MR) is 344 cm³/mol. The molecule has 0 radical (unpaired) electrons. The molecule has 0 spiro atoms. The molecular weight excluding hydrogens is 1220 g/mol. The predicted octanol–water partition coefficient (Wildman–Crippen LogP) is 23.4. The van der Waals surface area contributed by atoms with Crippen molar-refractivity contribution in [1.29, 1.82) is 0 Å². The second-order valence-electron chi connectivity index (χ2n) is 28.7. The van der Waals surface area contributed by atoms with Gasteiger partial charge >= 0.3 is 24.7 Å². The van der Waals surface area contributed by atoms with E-state index in [9.17, 15) is 62.9 Å². The summed E-state index contributed by atoms with van der Waals surface area (Å²) in [6.45, 7) is 27.4. The molecule has 0 saturated carbocycles. The van der Waals surface area contributed by atoms with Gasteiger partial charge in [-0.2, -0.15) is 52.7 Å². The monoisotopic (exact) mass is 1290 g/mol. The van der Waals surface area contributed by atoms with E-state index in [-0.39, 0.29) is 67.4 Å². The van der Waals surface area contributed by atoms with Gasteiger partial charge in [0.15, 0.2) is 0 Å². The molecule has 8 aromatic carbocycles. The van der Waals surface area contributed by atoms with Gasteiger partial charge in [-0.1, -0.05) is 92.5 Å². The first-order valence-electron chi connectivity index (χ1n) is 30.6. The van der Waals surface area contributed by atoms with E-state index in [1.54, 1.807) is 30.5 Å². The third-order valence-electron chi connectivity index (χ3n) is 17.2. The van der Waals surface area contributed by atoms with Gasteiger partial charge in [-0.25, -0.2) is 0 Å². The first kappa shape index (κ1) is 67.6. The number of rotatable bonds is 14. The van der Waals surface area contributed by atoms with Crippen LogP contribution < -0.4 is 9.47 Å². The van der Waals surface area contributed by atoms with Crippen molar-refractivity contribution in [2.45, 2.75) is 164 Å². The minimum atomic E-state index is -4.92. The molecular formula is C75H74F12N2O4. The molecule has 0 amide bonds. The van der Waals surface area contributed by atoms with Crippen molar-refractivity contribution in [3.8, 4) is 56.6 Å². The molecule has 0 saturated heterocycles. The zero-order valence-electron chi connectivity index (χ0n) is 54.1. The lowest BCUT2D eigenvalue weighted by molar-refractivity contribution is -0.138. The van der Waals surface area contributed by atoms with Crippen LogP contribution in [-0.2, 0) is 35.5 Å². The normalized spacial score (nSPS) is 14.0. The lowest BCUT2D eigenvalue weighted by Crippen LogP contribution is -2.25. The number of hydrogen-bond acceptors (Lipinski definition) is 4. The van der Waals surface area contributed by atoms with E-state index in [2.05, 4.69) is 34.6 Å². The summed E-state index contributed by atoms with van der Waals surface area (Å²) in [5.41, 5.74) is -1.67. The summed E-state index contributed by atoms with van der Waals surface area (Å²) in [6.07, 6.45) is -19.7. The van der Waals surface area contributed by atoms with E-state index in [0.29, 0.717) is 62.8 Å². The fraction of sp³-hybridized carbons (Fsp3) is 0.360. The molecule has 2 N–H and O–H groups in total. The highest BCUT2D eigenvalue weighted by Crippen LogP contribution is 2.52. The Balaban J connectivity index is 1.08. The highest BCUT2D eigenvalue weighted by Gasteiger charge is 2.38. The summed E-state index contributed by atoms with van der Waals surface area (Å²) in [5, 5.41) is 26.1. The van der Waals surface area contributed by atoms with Crippen molar-refractivity contribution in [3.63, 3.8) is 0 Å². The van der Waals surface area contributed by atoms with Crippen molar-refractivity contribution in [2.75, 3.05) is 0 Å². The first-order valence-corrected chi connectivity index (χ1v) is 30.6. The Kier molecular flexibility index (Phi) is 17.0. The summed E-state index contributed by atoms with van der Waals surface area (Å²) in [6, 6.07) is 29.3. The van der Waals surface area contributed by atoms with Crippen LogP contribution in [0.1, 0.15) is 147 Å². The molecule has 0 bridgehead atoms. The second kappa shape index (κ2) is 23.3. The van der Waals surface area contributed by atoms with Crippen LogP contribution in [0.5, 0.6) is 23.0 Å². The molecule has 6 nitrogen and oxygen atoms in total. The van der Waals surface area contributed by atoms with Crippen molar-refractivity contribution < 1.29 is 72.4 Å². The maximum atomic E-state index is 15.0. The number of fused-ring (bicyclic) bond motifs is 6. The van der Waals surface area contributed by atoms with Crippen molar-refractivity contribution >= 4 is 43.6 Å². The van der Waals surface area contributed by atoms with Gasteiger partial charge < -0.3 is 28.8 Å². The molecule has 0 fully saturated rings. The summed E-state index contributed by atoms with van der Waals surface area (Å²) >= 11 is 0. The van der Waals surface area contributed by atoms with E-state index in [0.717, 1.165) is 83.4 Å². The molecule has 2 heterocycles. The number of benzene rings is 8. The van der Waals surface area contributed by atoms with Crippen LogP contribution in [0.2, 0.25) is 0 Å². The molecule has 0 aliphatic heterocycles. The Bertz CT molecular complexity index is 4470. The van der Waals surface area contributed by atoms with Crippen molar-refractivity contribution in [2.24, 2.45) is 10.8 Å². The van der Waals surface area contributed by atoms with Gasteiger partial charge in [-0.05, 0) is 195 Å². The number of ether oxygens (including phenoxy) is 2. The number of phenolic OH excluding ortho intramolecular Hbond substituents is 2. The number of aromatic hydroxyl groups is 2. The Morgan fingerprint density at radius 3 is 1.01 bits per heavy atom. The van der Waals surface area contributed by atoms with Crippen LogP contribution in [0.15, 0.2) is 133 Å². The summed E-state index contributed by atoms with van der Waals surface area (Å²) in [7, 11) is 0. The first-order chi connectivity index (χ1) is 42.8. The number of nitrogens with zero attached hydrogens (tertiary/aromatic N) is 2. The van der Waals surface area contributed by atoms with Crippen LogP contribution in [0.25, 0.3) is 77.2 Å². The van der Waals surface area contributed by atoms with Crippen LogP contribution in [-0.4, -0.2) is 31.6 Å². The molecule has 10 aromatic rings. The van der Waals surface area contributed by atoms with Gasteiger partial charge in [0, 0.05) is 50.2 Å².